The molecule has 78 valence electrons. The zero-order chi connectivity index (χ0) is 10.5. The summed E-state index contributed by atoms with van der Waals surface area (Å²) in [4.78, 5) is 4.51. The van der Waals surface area contributed by atoms with Crippen LogP contribution in [0, 0.1) is 0 Å². The highest BCUT2D eigenvalue weighted by Gasteiger charge is 2.17. The number of hydrogen-bond donors (Lipinski definition) is 0. The van der Waals surface area contributed by atoms with Crippen molar-refractivity contribution in [2.75, 3.05) is 0 Å². The van der Waals surface area contributed by atoms with Crippen molar-refractivity contribution in [3.05, 3.63) is 42.2 Å². The van der Waals surface area contributed by atoms with Crippen LogP contribution >= 0.6 is 0 Å². The minimum absolute atomic E-state index is 1.12. The number of nitrogens with zero attached hydrogens (tertiary/aromatic N) is 2. The third-order valence-corrected chi connectivity index (χ3v) is 3.55. The summed E-state index contributed by atoms with van der Waals surface area (Å²) in [6.07, 6.45) is 4.27. The van der Waals surface area contributed by atoms with E-state index in [0.717, 1.165) is 13.0 Å². The van der Waals surface area contributed by atoms with Gasteiger partial charge in [0.05, 0.1) is 11.2 Å². The molecule has 0 saturated carbocycles. The molecule has 1 aliphatic heterocycles. The van der Waals surface area contributed by atoms with Crippen LogP contribution in [0.5, 0.6) is 0 Å². The molecule has 0 saturated heterocycles. The molecule has 0 N–H and O–H groups in total. The summed E-state index contributed by atoms with van der Waals surface area (Å²) in [6.45, 7) is 1.13. The van der Waals surface area contributed by atoms with Crippen molar-refractivity contribution >= 4 is 21.8 Å². The van der Waals surface area contributed by atoms with Gasteiger partial charge in [-0.15, -0.1) is 0 Å². The van der Waals surface area contributed by atoms with Gasteiger partial charge < -0.3 is 4.57 Å². The van der Waals surface area contributed by atoms with Crippen LogP contribution in [0.1, 0.15) is 12.1 Å². The zero-order valence-corrected chi connectivity index (χ0v) is 8.98. The second-order valence-electron chi connectivity index (χ2n) is 4.43. The Morgan fingerprint density at radius 3 is 3.00 bits per heavy atom. The first kappa shape index (κ1) is 8.34. The fourth-order valence-electron chi connectivity index (χ4n) is 2.89. The summed E-state index contributed by atoms with van der Waals surface area (Å²) in [5, 5.41) is 2.73. The molecule has 3 heterocycles. The molecule has 1 aromatic carbocycles. The SMILES string of the molecule is c1ccc2c(c1)c1ccnc3c1n2CCC3. The summed E-state index contributed by atoms with van der Waals surface area (Å²) in [6, 6.07) is 10.8. The van der Waals surface area contributed by atoms with E-state index in [1.807, 2.05) is 6.20 Å². The third-order valence-electron chi connectivity index (χ3n) is 3.55. The topological polar surface area (TPSA) is 17.8 Å². The molecule has 0 unspecified atom stereocenters. The minimum atomic E-state index is 1.12. The van der Waals surface area contributed by atoms with E-state index < -0.39 is 0 Å². The molecular weight excluding hydrogens is 196 g/mol. The Balaban J connectivity index is 2.36. The molecule has 3 aromatic rings. The number of pyridine rings is 1. The van der Waals surface area contributed by atoms with E-state index in [9.17, 15) is 0 Å². The molecule has 1 aliphatic rings. The summed E-state index contributed by atoms with van der Waals surface area (Å²) < 4.78 is 2.43. The van der Waals surface area contributed by atoms with E-state index >= 15 is 0 Å². The fraction of sp³-hybridized carbons (Fsp3) is 0.214. The molecule has 2 heteroatoms. The van der Waals surface area contributed by atoms with Gasteiger partial charge in [0.15, 0.2) is 0 Å². The molecule has 0 spiro atoms. The normalized spacial score (nSPS) is 14.8. The second-order valence-corrected chi connectivity index (χ2v) is 4.43. The highest BCUT2D eigenvalue weighted by atomic mass is 15.0. The van der Waals surface area contributed by atoms with Gasteiger partial charge in [-0.3, -0.25) is 4.98 Å². The second kappa shape index (κ2) is 2.85. The predicted molar refractivity (Wildman–Crippen MR) is 65.6 cm³/mol. The van der Waals surface area contributed by atoms with Crippen LogP contribution in [0.4, 0.5) is 0 Å². The van der Waals surface area contributed by atoms with Crippen LogP contribution in [0.25, 0.3) is 21.8 Å². The molecule has 0 amide bonds. The standard InChI is InChI=1S/C14H12N2/c1-2-6-13-10(4-1)11-7-8-15-12-5-3-9-16(13)14(11)12/h1-2,4,6-8H,3,5,9H2. The number of para-hydroxylation sites is 1. The van der Waals surface area contributed by atoms with Gasteiger partial charge in [-0.2, -0.15) is 0 Å². The average Bonchev–Trinajstić information content (AvgIpc) is 2.68. The van der Waals surface area contributed by atoms with Gasteiger partial charge in [0, 0.05) is 29.0 Å². The molecule has 16 heavy (non-hydrogen) atoms. The molecule has 0 bridgehead atoms. The summed E-state index contributed by atoms with van der Waals surface area (Å²) >= 11 is 0. The van der Waals surface area contributed by atoms with Gasteiger partial charge in [-0.05, 0) is 25.0 Å². The lowest BCUT2D eigenvalue weighted by Gasteiger charge is -2.14. The minimum Gasteiger partial charge on any atom is -0.339 e. The highest BCUT2D eigenvalue weighted by molar-refractivity contribution is 6.08. The number of aryl methyl sites for hydroxylation is 2. The van der Waals surface area contributed by atoms with Crippen molar-refractivity contribution in [1.29, 1.82) is 0 Å². The lowest BCUT2D eigenvalue weighted by molar-refractivity contribution is 0.640. The monoisotopic (exact) mass is 208 g/mol. The molecule has 0 fully saturated rings. The number of fused-ring (bicyclic) bond motifs is 3. The van der Waals surface area contributed by atoms with Gasteiger partial charge in [0.25, 0.3) is 0 Å². The molecule has 0 aliphatic carbocycles. The van der Waals surface area contributed by atoms with Gasteiger partial charge >= 0.3 is 0 Å². The number of rotatable bonds is 0. The molecule has 2 aromatic heterocycles. The van der Waals surface area contributed by atoms with Gasteiger partial charge in [0.1, 0.15) is 0 Å². The molecule has 0 radical (unpaired) electrons. The maximum Gasteiger partial charge on any atom is 0.0710 e. The first-order valence-corrected chi connectivity index (χ1v) is 5.80. The molecule has 2 nitrogen and oxygen atoms in total. The Kier molecular flexibility index (Phi) is 1.48. The zero-order valence-electron chi connectivity index (χ0n) is 8.98. The van der Waals surface area contributed by atoms with Crippen LogP contribution in [0.2, 0.25) is 0 Å². The van der Waals surface area contributed by atoms with E-state index in [4.69, 9.17) is 0 Å². The van der Waals surface area contributed by atoms with E-state index in [1.54, 1.807) is 0 Å². The Bertz CT molecular complexity index is 694. The molecule has 0 atom stereocenters. The summed E-state index contributed by atoms with van der Waals surface area (Å²) in [5.74, 6) is 0. The van der Waals surface area contributed by atoms with Gasteiger partial charge in [-0.25, -0.2) is 0 Å². The van der Waals surface area contributed by atoms with Gasteiger partial charge in [-0.1, -0.05) is 18.2 Å². The van der Waals surface area contributed by atoms with Crippen LogP contribution in [0.3, 0.4) is 0 Å². The van der Waals surface area contributed by atoms with Crippen LogP contribution in [0.15, 0.2) is 36.5 Å². The van der Waals surface area contributed by atoms with Crippen molar-refractivity contribution in [3.63, 3.8) is 0 Å². The maximum absolute atomic E-state index is 4.51. The van der Waals surface area contributed by atoms with Crippen molar-refractivity contribution in [3.8, 4) is 0 Å². The Labute approximate surface area is 93.5 Å². The molecule has 4 rings (SSSR count). The van der Waals surface area contributed by atoms with Crippen molar-refractivity contribution < 1.29 is 0 Å². The first-order chi connectivity index (χ1) is 7.95. The lowest BCUT2D eigenvalue weighted by atomic mass is 10.1. The number of aromatic nitrogens is 2. The van der Waals surface area contributed by atoms with E-state index in [-0.39, 0.29) is 0 Å². The van der Waals surface area contributed by atoms with E-state index in [0.29, 0.717) is 0 Å². The van der Waals surface area contributed by atoms with Crippen LogP contribution < -0.4 is 0 Å². The third kappa shape index (κ3) is 0.896. The summed E-state index contributed by atoms with van der Waals surface area (Å²) in [7, 11) is 0. The molecular formula is C14H12N2. The fourth-order valence-corrected chi connectivity index (χ4v) is 2.89. The van der Waals surface area contributed by atoms with Crippen molar-refractivity contribution in [2.24, 2.45) is 0 Å². The largest absolute Gasteiger partial charge is 0.339 e. The Morgan fingerprint density at radius 1 is 1.06 bits per heavy atom. The van der Waals surface area contributed by atoms with Crippen molar-refractivity contribution in [2.45, 2.75) is 19.4 Å². The van der Waals surface area contributed by atoms with Crippen molar-refractivity contribution in [1.82, 2.24) is 9.55 Å². The van der Waals surface area contributed by atoms with Crippen LogP contribution in [-0.2, 0) is 13.0 Å². The predicted octanol–water partition coefficient (Wildman–Crippen LogP) is 3.14. The Hall–Kier alpha value is -1.83. The average molecular weight is 208 g/mol. The first-order valence-electron chi connectivity index (χ1n) is 5.80. The van der Waals surface area contributed by atoms with E-state index in [1.165, 1.54) is 33.9 Å². The number of benzene rings is 1. The lowest BCUT2D eigenvalue weighted by Crippen LogP contribution is -2.08. The smallest absolute Gasteiger partial charge is 0.0710 e. The maximum atomic E-state index is 4.51. The van der Waals surface area contributed by atoms with E-state index in [2.05, 4.69) is 39.9 Å². The summed E-state index contributed by atoms with van der Waals surface area (Å²) in [5.41, 5.74) is 3.97. The van der Waals surface area contributed by atoms with Gasteiger partial charge in [0.2, 0.25) is 0 Å². The van der Waals surface area contributed by atoms with Crippen LogP contribution in [-0.4, -0.2) is 9.55 Å². The Morgan fingerprint density at radius 2 is 2.00 bits per heavy atom. The number of hydrogen-bond acceptors (Lipinski definition) is 1. The highest BCUT2D eigenvalue weighted by Crippen LogP contribution is 2.33. The quantitative estimate of drug-likeness (QED) is 0.555.